The number of likely N-dealkylation sites (N-methyl/N-ethyl adjacent to an activating group) is 1. The van der Waals surface area contributed by atoms with Crippen molar-refractivity contribution in [2.24, 2.45) is 4.99 Å². The first kappa shape index (κ1) is 20.1. The van der Waals surface area contributed by atoms with Crippen LogP contribution in [0.2, 0.25) is 0 Å². The van der Waals surface area contributed by atoms with Crippen LogP contribution in [0.15, 0.2) is 4.99 Å². The van der Waals surface area contributed by atoms with E-state index in [0.29, 0.717) is 19.0 Å². The van der Waals surface area contributed by atoms with Crippen molar-refractivity contribution in [3.63, 3.8) is 0 Å². The Hall–Kier alpha value is -0.860. The molecule has 2 N–H and O–H groups in total. The summed E-state index contributed by atoms with van der Waals surface area (Å²) in [5, 5.41) is 6.12. The first-order valence-electron chi connectivity index (χ1n) is 7.26. The summed E-state index contributed by atoms with van der Waals surface area (Å²) >= 11 is 0. The second-order valence-corrected chi connectivity index (χ2v) is 7.23. The molecule has 0 rings (SSSR count). The molecule has 0 unspecified atom stereocenters. The molecule has 0 aliphatic carbocycles. The van der Waals surface area contributed by atoms with Gasteiger partial charge in [-0.2, -0.15) is 0 Å². The molecule has 0 heterocycles. The monoisotopic (exact) mass is 322 g/mol. The molecule has 0 aliphatic rings. The standard InChI is InChI=1S/C13H30N4O3S/c1-5-14-13(16-8-12-21(4,18)19)15-7-10-17(2)9-6-11-20-3/h5-12H2,1-4H3,(H2,14,15,16). The van der Waals surface area contributed by atoms with Crippen LogP contribution in [0.3, 0.4) is 0 Å². The van der Waals surface area contributed by atoms with E-state index in [0.717, 1.165) is 32.7 Å². The van der Waals surface area contributed by atoms with Gasteiger partial charge in [-0.1, -0.05) is 0 Å². The highest BCUT2D eigenvalue weighted by Gasteiger charge is 2.03. The Morgan fingerprint density at radius 1 is 1.29 bits per heavy atom. The van der Waals surface area contributed by atoms with Crippen molar-refractivity contribution in [3.05, 3.63) is 0 Å². The van der Waals surface area contributed by atoms with Crippen LogP contribution in [-0.4, -0.2) is 84.8 Å². The van der Waals surface area contributed by atoms with Crippen LogP contribution in [0.25, 0.3) is 0 Å². The van der Waals surface area contributed by atoms with E-state index in [4.69, 9.17) is 4.74 Å². The lowest BCUT2D eigenvalue weighted by molar-refractivity contribution is 0.180. The molecule has 8 heteroatoms. The number of ether oxygens (including phenoxy) is 1. The largest absolute Gasteiger partial charge is 0.385 e. The molecule has 0 aromatic heterocycles. The Morgan fingerprint density at radius 3 is 2.57 bits per heavy atom. The minimum atomic E-state index is -2.95. The molecule has 0 saturated carbocycles. The van der Waals surface area contributed by atoms with Crippen LogP contribution >= 0.6 is 0 Å². The number of hydrogen-bond acceptors (Lipinski definition) is 5. The average Bonchev–Trinajstić information content (AvgIpc) is 2.37. The van der Waals surface area contributed by atoms with Crippen molar-refractivity contribution in [1.82, 2.24) is 15.5 Å². The molecular formula is C13H30N4O3S. The summed E-state index contributed by atoms with van der Waals surface area (Å²) in [6, 6.07) is 0. The summed E-state index contributed by atoms with van der Waals surface area (Å²) in [6.07, 6.45) is 2.23. The van der Waals surface area contributed by atoms with Crippen LogP contribution in [-0.2, 0) is 14.6 Å². The molecule has 0 aromatic rings. The van der Waals surface area contributed by atoms with Crippen LogP contribution in [0.5, 0.6) is 0 Å². The number of hydrogen-bond donors (Lipinski definition) is 2. The van der Waals surface area contributed by atoms with E-state index < -0.39 is 9.84 Å². The molecule has 7 nitrogen and oxygen atoms in total. The quantitative estimate of drug-likeness (QED) is 0.305. The molecule has 0 aliphatic heterocycles. The van der Waals surface area contributed by atoms with Crippen molar-refractivity contribution < 1.29 is 13.2 Å². The molecule has 0 aromatic carbocycles. The fourth-order valence-corrected chi connectivity index (χ4v) is 2.09. The highest BCUT2D eigenvalue weighted by molar-refractivity contribution is 7.90. The SMILES string of the molecule is CCNC(=NCCN(C)CCCOC)NCCS(C)(=O)=O. The van der Waals surface area contributed by atoms with Gasteiger partial charge in [-0.3, -0.25) is 4.99 Å². The zero-order valence-electron chi connectivity index (χ0n) is 13.7. The Kier molecular flexibility index (Phi) is 11.3. The minimum Gasteiger partial charge on any atom is -0.385 e. The van der Waals surface area contributed by atoms with Gasteiger partial charge in [0.25, 0.3) is 0 Å². The number of sulfone groups is 1. The van der Waals surface area contributed by atoms with Gasteiger partial charge in [-0.25, -0.2) is 8.42 Å². The van der Waals surface area contributed by atoms with E-state index in [1.54, 1.807) is 7.11 Å². The van der Waals surface area contributed by atoms with Gasteiger partial charge in [-0.15, -0.1) is 0 Å². The van der Waals surface area contributed by atoms with Gasteiger partial charge in [0.2, 0.25) is 0 Å². The normalized spacial score (nSPS) is 12.7. The average molecular weight is 322 g/mol. The fraction of sp³-hybridized carbons (Fsp3) is 0.923. The van der Waals surface area contributed by atoms with E-state index >= 15 is 0 Å². The third-order valence-electron chi connectivity index (χ3n) is 2.75. The van der Waals surface area contributed by atoms with Gasteiger partial charge < -0.3 is 20.3 Å². The van der Waals surface area contributed by atoms with E-state index in [1.807, 2.05) is 6.92 Å². The lowest BCUT2D eigenvalue weighted by Gasteiger charge is -2.16. The summed E-state index contributed by atoms with van der Waals surface area (Å²) in [6.45, 7) is 6.35. The molecule has 0 fully saturated rings. The summed E-state index contributed by atoms with van der Waals surface area (Å²) in [4.78, 5) is 6.62. The maximum atomic E-state index is 11.1. The number of nitrogens with one attached hydrogen (secondary N) is 2. The Labute approximate surface area is 129 Å². The van der Waals surface area contributed by atoms with Gasteiger partial charge in [0, 0.05) is 46.2 Å². The molecule has 0 amide bonds. The Bertz CT molecular complexity index is 385. The second-order valence-electron chi connectivity index (χ2n) is 4.97. The first-order chi connectivity index (χ1) is 9.89. The third-order valence-corrected chi connectivity index (χ3v) is 3.70. The van der Waals surface area contributed by atoms with E-state index in [-0.39, 0.29) is 5.75 Å². The zero-order chi connectivity index (χ0) is 16.1. The predicted octanol–water partition coefficient (Wildman–Crippen LogP) is -0.446. The van der Waals surface area contributed by atoms with Crippen LogP contribution in [0, 0.1) is 0 Å². The van der Waals surface area contributed by atoms with Crippen LogP contribution in [0.1, 0.15) is 13.3 Å². The van der Waals surface area contributed by atoms with Crippen molar-refractivity contribution in [1.29, 1.82) is 0 Å². The number of guanidine groups is 1. The number of rotatable bonds is 11. The highest BCUT2D eigenvalue weighted by Crippen LogP contribution is 1.88. The van der Waals surface area contributed by atoms with E-state index in [9.17, 15) is 8.42 Å². The summed E-state index contributed by atoms with van der Waals surface area (Å²) in [5.74, 6) is 0.764. The van der Waals surface area contributed by atoms with Gasteiger partial charge in [-0.05, 0) is 20.4 Å². The predicted molar refractivity (Wildman–Crippen MR) is 87.7 cm³/mol. The summed E-state index contributed by atoms with van der Waals surface area (Å²) < 4.78 is 27.2. The maximum absolute atomic E-state index is 11.1. The van der Waals surface area contributed by atoms with Crippen molar-refractivity contribution in [2.45, 2.75) is 13.3 Å². The van der Waals surface area contributed by atoms with E-state index in [1.165, 1.54) is 6.26 Å². The fourth-order valence-electron chi connectivity index (χ4n) is 1.62. The molecule has 0 spiro atoms. The number of aliphatic imine (C=N–C) groups is 1. The summed E-state index contributed by atoms with van der Waals surface area (Å²) in [5.41, 5.74) is 0. The molecule has 0 saturated heterocycles. The molecule has 0 radical (unpaired) electrons. The van der Waals surface area contributed by atoms with Crippen LogP contribution < -0.4 is 10.6 Å². The number of methoxy groups -OCH3 is 1. The first-order valence-corrected chi connectivity index (χ1v) is 9.32. The van der Waals surface area contributed by atoms with Gasteiger partial charge >= 0.3 is 0 Å². The van der Waals surface area contributed by atoms with Crippen molar-refractivity contribution in [2.75, 3.05) is 65.5 Å². The minimum absolute atomic E-state index is 0.105. The summed E-state index contributed by atoms with van der Waals surface area (Å²) in [7, 11) is 0.807. The lowest BCUT2D eigenvalue weighted by atomic mass is 10.4. The number of nitrogens with zero attached hydrogens (tertiary/aromatic N) is 2. The highest BCUT2D eigenvalue weighted by atomic mass is 32.2. The van der Waals surface area contributed by atoms with Gasteiger partial charge in [0.15, 0.2) is 5.96 Å². The van der Waals surface area contributed by atoms with Gasteiger partial charge in [0.05, 0.1) is 12.3 Å². The maximum Gasteiger partial charge on any atom is 0.191 e. The Morgan fingerprint density at radius 2 is 2.00 bits per heavy atom. The second kappa shape index (κ2) is 11.8. The third kappa shape index (κ3) is 13.9. The smallest absolute Gasteiger partial charge is 0.191 e. The zero-order valence-corrected chi connectivity index (χ0v) is 14.5. The van der Waals surface area contributed by atoms with Crippen molar-refractivity contribution >= 4 is 15.8 Å². The Balaban J connectivity index is 4.03. The van der Waals surface area contributed by atoms with Crippen LogP contribution in [0.4, 0.5) is 0 Å². The molecule has 21 heavy (non-hydrogen) atoms. The van der Waals surface area contributed by atoms with Gasteiger partial charge in [0.1, 0.15) is 9.84 Å². The molecule has 126 valence electrons. The van der Waals surface area contributed by atoms with Crippen molar-refractivity contribution in [3.8, 4) is 0 Å². The molecule has 0 atom stereocenters. The molecular weight excluding hydrogens is 292 g/mol. The lowest BCUT2D eigenvalue weighted by Crippen LogP contribution is -2.40. The topological polar surface area (TPSA) is 83.0 Å². The van der Waals surface area contributed by atoms with E-state index in [2.05, 4.69) is 27.6 Å². The molecule has 0 bridgehead atoms.